The Bertz CT molecular complexity index is 1490. The van der Waals surface area contributed by atoms with Crippen LogP contribution in [0.2, 0.25) is 0 Å². The van der Waals surface area contributed by atoms with Gasteiger partial charge in [0, 0.05) is 25.9 Å². The minimum atomic E-state index is -1.45. The maximum absolute atomic E-state index is 14.9. The minimum absolute atomic E-state index is 0.0765. The molecule has 5 atom stereocenters. The fraction of sp³-hybridized carbons (Fsp3) is 0.575. The van der Waals surface area contributed by atoms with Crippen molar-refractivity contribution in [3.8, 4) is 0 Å². The lowest BCUT2D eigenvalue weighted by Crippen LogP contribution is -2.64. The second kappa shape index (κ2) is 19.1. The van der Waals surface area contributed by atoms with Crippen LogP contribution in [0, 0.1) is 11.8 Å². The van der Waals surface area contributed by atoms with E-state index in [0.29, 0.717) is 52.2 Å². The molecule has 12 nitrogen and oxygen atoms in total. The highest BCUT2D eigenvalue weighted by atomic mass is 16.6. The molecule has 2 aliphatic heterocycles. The van der Waals surface area contributed by atoms with Crippen molar-refractivity contribution in [2.45, 2.75) is 95.9 Å². The van der Waals surface area contributed by atoms with E-state index in [-0.39, 0.29) is 55.8 Å². The summed E-state index contributed by atoms with van der Waals surface area (Å²) in [6.45, 7) is 10.2. The Morgan fingerprint density at radius 1 is 0.904 bits per heavy atom. The molecule has 0 bridgehead atoms. The quantitative estimate of drug-likeness (QED) is 0.143. The first-order valence-electron chi connectivity index (χ1n) is 18.6. The van der Waals surface area contributed by atoms with Gasteiger partial charge in [-0.25, -0.2) is 0 Å². The predicted molar refractivity (Wildman–Crippen MR) is 198 cm³/mol. The average molecular weight is 720 g/mol. The Labute approximate surface area is 307 Å². The number of morpholine rings is 1. The SMILES string of the molecule is CC(C)C[C@H](NC(=O)[C@H](Cc1ccccc1)NC(=O)[C@](CCc1ccccc1)(CC(C)CCC(N)=O)NC(=O)CN1CCOCC1)C(=O)[C@@]1(C)CO1. The number of amides is 4. The van der Waals surface area contributed by atoms with Gasteiger partial charge in [-0.15, -0.1) is 0 Å². The standard InChI is InChI=1S/C40H57N5O7/c1-28(2)23-32(36(48)39(4)27-52-39)42-37(49)33(24-31-13-9-6-10-14-31)43-38(50)40(25-29(3)15-16-34(41)46,18-17-30-11-7-5-8-12-30)44-35(47)26-45-19-21-51-22-20-45/h5-14,28-29,32-33H,15-27H2,1-4H3,(H2,41,46)(H,42,49)(H,43,50)(H,44,47)/t29?,32-,33-,39+,40-/m0/s1. The summed E-state index contributed by atoms with van der Waals surface area (Å²) in [7, 11) is 0. The lowest BCUT2D eigenvalue weighted by atomic mass is 9.80. The molecule has 0 spiro atoms. The molecule has 52 heavy (non-hydrogen) atoms. The molecule has 0 aromatic heterocycles. The highest BCUT2D eigenvalue weighted by Gasteiger charge is 2.50. The number of nitrogens with zero attached hydrogens (tertiary/aromatic N) is 1. The molecule has 2 fully saturated rings. The van der Waals surface area contributed by atoms with Gasteiger partial charge in [0.05, 0.1) is 32.4 Å². The Morgan fingerprint density at radius 3 is 2.10 bits per heavy atom. The number of aryl methyl sites for hydroxylation is 1. The summed E-state index contributed by atoms with van der Waals surface area (Å²) in [6.07, 6.45) is 2.02. The van der Waals surface area contributed by atoms with Gasteiger partial charge in [-0.3, -0.25) is 28.9 Å². The van der Waals surface area contributed by atoms with Gasteiger partial charge in [0.15, 0.2) is 5.78 Å². The van der Waals surface area contributed by atoms with Crippen molar-refractivity contribution in [3.05, 3.63) is 71.8 Å². The number of benzene rings is 2. The van der Waals surface area contributed by atoms with Crippen molar-refractivity contribution in [3.63, 3.8) is 0 Å². The monoisotopic (exact) mass is 719 g/mol. The topological polar surface area (TPSA) is 172 Å². The summed E-state index contributed by atoms with van der Waals surface area (Å²) in [5, 5.41) is 9.13. The molecule has 2 aliphatic rings. The van der Waals surface area contributed by atoms with Crippen molar-refractivity contribution >= 4 is 29.4 Å². The summed E-state index contributed by atoms with van der Waals surface area (Å²) in [5.41, 5.74) is 4.90. The van der Waals surface area contributed by atoms with Gasteiger partial charge in [0.1, 0.15) is 17.2 Å². The molecule has 0 radical (unpaired) electrons. The van der Waals surface area contributed by atoms with Crippen LogP contribution in [-0.4, -0.2) is 97.0 Å². The molecule has 12 heteroatoms. The second-order valence-electron chi connectivity index (χ2n) is 15.1. The third-order valence-corrected chi connectivity index (χ3v) is 9.89. The fourth-order valence-electron chi connectivity index (χ4n) is 6.79. The molecule has 0 saturated carbocycles. The third kappa shape index (κ3) is 12.5. The third-order valence-electron chi connectivity index (χ3n) is 9.89. The molecule has 284 valence electrons. The highest BCUT2D eigenvalue weighted by Crippen LogP contribution is 2.30. The zero-order chi connectivity index (χ0) is 37.7. The number of hydrogen-bond donors (Lipinski definition) is 4. The first-order chi connectivity index (χ1) is 24.8. The van der Waals surface area contributed by atoms with E-state index in [9.17, 15) is 24.0 Å². The average Bonchev–Trinajstić information content (AvgIpc) is 3.87. The first kappa shape index (κ1) is 40.6. The highest BCUT2D eigenvalue weighted by molar-refractivity contribution is 5.99. The zero-order valence-electron chi connectivity index (χ0n) is 31.2. The van der Waals surface area contributed by atoms with E-state index in [2.05, 4.69) is 16.0 Å². The Balaban J connectivity index is 1.68. The molecule has 4 amide bonds. The van der Waals surface area contributed by atoms with E-state index in [1.807, 2.05) is 86.3 Å². The van der Waals surface area contributed by atoms with Crippen molar-refractivity contribution in [1.29, 1.82) is 0 Å². The summed E-state index contributed by atoms with van der Waals surface area (Å²) in [4.78, 5) is 70.2. The van der Waals surface area contributed by atoms with E-state index in [4.69, 9.17) is 15.2 Å². The molecule has 2 saturated heterocycles. The number of Topliss-reactive ketones (excluding diaryl/α,β-unsaturated/α-hetero) is 1. The van der Waals surface area contributed by atoms with Crippen LogP contribution in [0.15, 0.2) is 60.7 Å². The molecule has 5 N–H and O–H groups in total. The van der Waals surface area contributed by atoms with Crippen LogP contribution in [0.25, 0.3) is 0 Å². The van der Waals surface area contributed by atoms with Crippen molar-refractivity contribution in [2.24, 2.45) is 17.6 Å². The predicted octanol–water partition coefficient (Wildman–Crippen LogP) is 2.71. The molecule has 2 heterocycles. The second-order valence-corrected chi connectivity index (χ2v) is 15.1. The smallest absolute Gasteiger partial charge is 0.246 e. The number of nitrogens with one attached hydrogen (secondary N) is 3. The lowest BCUT2D eigenvalue weighted by molar-refractivity contribution is -0.138. The summed E-state index contributed by atoms with van der Waals surface area (Å²) >= 11 is 0. The molecule has 2 aromatic carbocycles. The van der Waals surface area contributed by atoms with Crippen LogP contribution in [0.1, 0.15) is 70.9 Å². The van der Waals surface area contributed by atoms with Crippen LogP contribution in [0.3, 0.4) is 0 Å². The number of epoxide rings is 1. The van der Waals surface area contributed by atoms with Crippen LogP contribution < -0.4 is 21.7 Å². The fourth-order valence-corrected chi connectivity index (χ4v) is 6.79. The molecular weight excluding hydrogens is 662 g/mol. The number of ketones is 1. The normalized spacial score (nSPS) is 20.2. The Kier molecular flexibility index (Phi) is 14.9. The molecule has 0 aliphatic carbocycles. The molecule has 2 aromatic rings. The van der Waals surface area contributed by atoms with E-state index in [0.717, 1.165) is 11.1 Å². The van der Waals surface area contributed by atoms with E-state index in [1.165, 1.54) is 0 Å². The van der Waals surface area contributed by atoms with Gasteiger partial charge in [-0.05, 0) is 62.0 Å². The van der Waals surface area contributed by atoms with Crippen molar-refractivity contribution in [1.82, 2.24) is 20.9 Å². The van der Waals surface area contributed by atoms with Gasteiger partial charge >= 0.3 is 0 Å². The maximum atomic E-state index is 14.9. The number of carbonyl (C=O) groups is 5. The van der Waals surface area contributed by atoms with Gasteiger partial charge in [-0.2, -0.15) is 0 Å². The van der Waals surface area contributed by atoms with Crippen LogP contribution in [0.5, 0.6) is 0 Å². The van der Waals surface area contributed by atoms with E-state index >= 15 is 0 Å². The molecule has 4 rings (SSSR count). The number of hydrogen-bond acceptors (Lipinski definition) is 8. The summed E-state index contributed by atoms with van der Waals surface area (Å²) in [6, 6.07) is 17.2. The zero-order valence-corrected chi connectivity index (χ0v) is 31.2. The molecular formula is C40H57N5O7. The van der Waals surface area contributed by atoms with Gasteiger partial charge < -0.3 is 31.2 Å². The van der Waals surface area contributed by atoms with Gasteiger partial charge in [-0.1, -0.05) is 81.4 Å². The maximum Gasteiger partial charge on any atom is 0.246 e. The van der Waals surface area contributed by atoms with Crippen molar-refractivity contribution < 1.29 is 33.4 Å². The lowest BCUT2D eigenvalue weighted by Gasteiger charge is -2.38. The largest absolute Gasteiger partial charge is 0.379 e. The number of ether oxygens (including phenoxy) is 2. The van der Waals surface area contributed by atoms with Gasteiger partial charge in [0.2, 0.25) is 23.6 Å². The van der Waals surface area contributed by atoms with Crippen LogP contribution in [-0.2, 0) is 46.3 Å². The summed E-state index contributed by atoms with van der Waals surface area (Å²) < 4.78 is 10.9. The minimum Gasteiger partial charge on any atom is -0.379 e. The first-order valence-corrected chi connectivity index (χ1v) is 18.6. The Morgan fingerprint density at radius 2 is 1.52 bits per heavy atom. The molecule has 1 unspecified atom stereocenters. The van der Waals surface area contributed by atoms with E-state index in [1.54, 1.807) is 6.92 Å². The van der Waals surface area contributed by atoms with Crippen LogP contribution in [0.4, 0.5) is 0 Å². The van der Waals surface area contributed by atoms with E-state index < -0.39 is 40.9 Å². The number of carbonyl (C=O) groups excluding carboxylic acids is 5. The van der Waals surface area contributed by atoms with Crippen molar-refractivity contribution in [2.75, 3.05) is 39.5 Å². The number of rotatable bonds is 21. The van der Waals surface area contributed by atoms with Gasteiger partial charge in [0.25, 0.3) is 0 Å². The number of nitrogens with two attached hydrogens (primary N) is 1. The summed E-state index contributed by atoms with van der Waals surface area (Å²) in [5.74, 6) is -2.06. The Hall–Kier alpha value is -4.13. The number of primary amides is 1. The van der Waals surface area contributed by atoms with Crippen LogP contribution >= 0.6 is 0 Å².